The van der Waals surface area contributed by atoms with Crippen molar-refractivity contribution >= 4 is 27.3 Å². The van der Waals surface area contributed by atoms with Crippen LogP contribution in [0.4, 0.5) is 0 Å². The van der Waals surface area contributed by atoms with E-state index in [4.69, 9.17) is 10.5 Å². The Kier molecular flexibility index (Phi) is 4.09. The Hall–Kier alpha value is -0.850. The van der Waals surface area contributed by atoms with Crippen molar-refractivity contribution in [3.63, 3.8) is 0 Å². The Labute approximate surface area is 119 Å². The van der Waals surface area contributed by atoms with Crippen LogP contribution in [0.15, 0.2) is 15.9 Å². The summed E-state index contributed by atoms with van der Waals surface area (Å²) in [6.07, 6.45) is 0.731. The number of nitrogens with two attached hydrogens (primary N) is 1. The molecule has 0 fully saturated rings. The molecule has 2 rings (SSSR count). The normalized spacial score (nSPS) is 12.7. The van der Waals surface area contributed by atoms with Crippen LogP contribution in [-0.4, -0.2) is 16.9 Å². The predicted molar refractivity (Wildman–Crippen MR) is 77.1 cm³/mol. The number of nitrogens with zero attached hydrogens (tertiary/aromatic N) is 2. The lowest BCUT2D eigenvalue weighted by atomic mass is 10.1. The maximum absolute atomic E-state index is 6.26. The molecule has 2 aromatic rings. The summed E-state index contributed by atoms with van der Waals surface area (Å²) in [7, 11) is 3.61. The minimum Gasteiger partial charge on any atom is -0.496 e. The van der Waals surface area contributed by atoms with Crippen molar-refractivity contribution in [2.24, 2.45) is 12.8 Å². The molecule has 2 aromatic heterocycles. The van der Waals surface area contributed by atoms with Gasteiger partial charge in [-0.2, -0.15) is 5.10 Å². The minimum absolute atomic E-state index is 0.0777. The van der Waals surface area contributed by atoms with Gasteiger partial charge in [0.15, 0.2) is 0 Å². The number of methoxy groups -OCH3 is 1. The van der Waals surface area contributed by atoms with E-state index >= 15 is 0 Å². The van der Waals surface area contributed by atoms with E-state index in [1.807, 2.05) is 30.1 Å². The van der Waals surface area contributed by atoms with Crippen LogP contribution in [0.5, 0.6) is 5.75 Å². The predicted octanol–water partition coefficient (Wildman–Crippen LogP) is 2.80. The first kappa shape index (κ1) is 13.6. The molecular formula is C12H16BrN3OS. The van der Waals surface area contributed by atoms with Crippen molar-refractivity contribution in [2.75, 3.05) is 7.11 Å². The molecule has 4 nitrogen and oxygen atoms in total. The Morgan fingerprint density at radius 2 is 2.33 bits per heavy atom. The maximum Gasteiger partial charge on any atom is 0.134 e. The molecular weight excluding hydrogens is 314 g/mol. The summed E-state index contributed by atoms with van der Waals surface area (Å²) in [5, 5.41) is 6.37. The van der Waals surface area contributed by atoms with E-state index in [1.165, 1.54) is 0 Å². The highest BCUT2D eigenvalue weighted by Crippen LogP contribution is 2.33. The van der Waals surface area contributed by atoms with Gasteiger partial charge in [0.2, 0.25) is 0 Å². The third-order valence-electron chi connectivity index (χ3n) is 2.89. The average Bonchev–Trinajstić information content (AvgIpc) is 2.90. The summed E-state index contributed by atoms with van der Waals surface area (Å²) in [4.78, 5) is 1.07. The van der Waals surface area contributed by atoms with Crippen LogP contribution < -0.4 is 10.5 Å². The van der Waals surface area contributed by atoms with Crippen molar-refractivity contribution in [1.82, 2.24) is 9.78 Å². The van der Waals surface area contributed by atoms with Crippen LogP contribution in [0.2, 0.25) is 0 Å². The van der Waals surface area contributed by atoms with Gasteiger partial charge in [-0.25, -0.2) is 0 Å². The molecule has 0 amide bonds. The van der Waals surface area contributed by atoms with Crippen molar-refractivity contribution < 1.29 is 4.74 Å². The Balaban J connectivity index is 2.24. The van der Waals surface area contributed by atoms with Crippen LogP contribution in [0.3, 0.4) is 0 Å². The Morgan fingerprint density at radius 1 is 1.61 bits per heavy atom. The number of ether oxygens (including phenoxy) is 1. The molecule has 18 heavy (non-hydrogen) atoms. The summed E-state index contributed by atoms with van der Waals surface area (Å²) in [6, 6.07) is 1.87. The molecule has 98 valence electrons. The second-order valence-corrected chi connectivity index (χ2v) is 5.87. The topological polar surface area (TPSA) is 53.1 Å². The van der Waals surface area contributed by atoms with E-state index in [0.717, 1.165) is 32.9 Å². The maximum atomic E-state index is 6.26. The Bertz CT molecular complexity index is 550. The van der Waals surface area contributed by atoms with Gasteiger partial charge in [-0.1, -0.05) is 0 Å². The lowest BCUT2D eigenvalue weighted by molar-refractivity contribution is 0.408. The molecule has 0 saturated heterocycles. The van der Waals surface area contributed by atoms with E-state index in [-0.39, 0.29) is 6.04 Å². The number of hydrogen-bond donors (Lipinski definition) is 1. The van der Waals surface area contributed by atoms with Crippen LogP contribution >= 0.6 is 27.3 Å². The van der Waals surface area contributed by atoms with Crippen LogP contribution in [-0.2, 0) is 13.5 Å². The number of aryl methyl sites for hydroxylation is 2. The highest BCUT2D eigenvalue weighted by molar-refractivity contribution is 9.10. The average molecular weight is 330 g/mol. The quantitative estimate of drug-likeness (QED) is 0.938. The zero-order chi connectivity index (χ0) is 13.3. The van der Waals surface area contributed by atoms with Crippen LogP contribution in [0.1, 0.15) is 22.3 Å². The fourth-order valence-corrected chi connectivity index (χ4v) is 3.31. The summed E-state index contributed by atoms with van der Waals surface area (Å²) >= 11 is 5.19. The smallest absolute Gasteiger partial charge is 0.134 e. The summed E-state index contributed by atoms with van der Waals surface area (Å²) in [5.74, 6) is 0.863. The van der Waals surface area contributed by atoms with Crippen molar-refractivity contribution in [2.45, 2.75) is 19.4 Å². The third kappa shape index (κ3) is 2.46. The number of thiophene rings is 1. The molecule has 0 aliphatic rings. The summed E-state index contributed by atoms with van der Waals surface area (Å²) in [5.41, 5.74) is 8.35. The number of aromatic nitrogens is 2. The third-order valence-corrected chi connectivity index (χ3v) is 4.95. The first-order valence-electron chi connectivity index (χ1n) is 5.59. The number of hydrogen-bond acceptors (Lipinski definition) is 4. The number of halogens is 1. The zero-order valence-electron chi connectivity index (χ0n) is 10.6. The highest BCUT2D eigenvalue weighted by Gasteiger charge is 2.18. The summed E-state index contributed by atoms with van der Waals surface area (Å²) in [6.45, 7) is 1.98. The van der Waals surface area contributed by atoms with E-state index in [9.17, 15) is 0 Å². The molecule has 0 aliphatic heterocycles. The van der Waals surface area contributed by atoms with E-state index in [0.29, 0.717) is 0 Å². The van der Waals surface area contributed by atoms with Gasteiger partial charge in [0.05, 0.1) is 27.8 Å². The van der Waals surface area contributed by atoms with Gasteiger partial charge in [0, 0.05) is 19.5 Å². The van der Waals surface area contributed by atoms with E-state index < -0.39 is 0 Å². The van der Waals surface area contributed by atoms with Crippen molar-refractivity contribution in [3.05, 3.63) is 32.2 Å². The molecule has 0 spiro atoms. The largest absolute Gasteiger partial charge is 0.496 e. The molecule has 2 heterocycles. The fourth-order valence-electron chi connectivity index (χ4n) is 1.95. The monoisotopic (exact) mass is 329 g/mol. The summed E-state index contributed by atoms with van der Waals surface area (Å²) < 4.78 is 8.22. The van der Waals surface area contributed by atoms with Crippen molar-refractivity contribution in [1.29, 1.82) is 0 Å². The minimum atomic E-state index is -0.0777. The van der Waals surface area contributed by atoms with Gasteiger partial charge in [-0.3, -0.25) is 4.68 Å². The van der Waals surface area contributed by atoms with Gasteiger partial charge in [0.25, 0.3) is 0 Å². The molecule has 0 bridgehead atoms. The van der Waals surface area contributed by atoms with E-state index in [1.54, 1.807) is 18.4 Å². The van der Waals surface area contributed by atoms with Gasteiger partial charge in [-0.15, -0.1) is 11.3 Å². The molecule has 0 saturated carbocycles. The fraction of sp³-hybridized carbons (Fsp3) is 0.417. The second-order valence-electron chi connectivity index (χ2n) is 4.13. The van der Waals surface area contributed by atoms with Gasteiger partial charge in [-0.05, 0) is 34.3 Å². The molecule has 2 N–H and O–H groups in total. The first-order chi connectivity index (χ1) is 8.54. The lowest BCUT2D eigenvalue weighted by Crippen LogP contribution is -2.15. The molecule has 6 heteroatoms. The van der Waals surface area contributed by atoms with Crippen LogP contribution in [0, 0.1) is 6.92 Å². The molecule has 0 aromatic carbocycles. The van der Waals surface area contributed by atoms with Gasteiger partial charge >= 0.3 is 0 Å². The molecule has 0 aliphatic carbocycles. The standard InChI is InChI=1S/C12H16BrN3OS/c1-7-11(13)9(16(2)15-7)6-8(14)12-10(17-3)4-5-18-12/h4-5,8H,6,14H2,1-3H3. The second kappa shape index (κ2) is 5.42. The first-order valence-corrected chi connectivity index (χ1v) is 7.26. The van der Waals surface area contributed by atoms with Crippen LogP contribution in [0.25, 0.3) is 0 Å². The van der Waals surface area contributed by atoms with Crippen molar-refractivity contribution in [3.8, 4) is 5.75 Å². The SMILES string of the molecule is COc1ccsc1C(N)Cc1c(Br)c(C)nn1C. The lowest BCUT2D eigenvalue weighted by Gasteiger charge is -2.12. The van der Waals surface area contributed by atoms with Gasteiger partial charge in [0.1, 0.15) is 5.75 Å². The highest BCUT2D eigenvalue weighted by atomic mass is 79.9. The Morgan fingerprint density at radius 3 is 2.89 bits per heavy atom. The molecule has 1 atom stereocenters. The molecule has 1 unspecified atom stereocenters. The number of rotatable bonds is 4. The zero-order valence-corrected chi connectivity index (χ0v) is 13.0. The van der Waals surface area contributed by atoms with Gasteiger partial charge < -0.3 is 10.5 Å². The molecule has 0 radical (unpaired) electrons. The van der Waals surface area contributed by atoms with E-state index in [2.05, 4.69) is 21.0 Å².